The molecular weight excluding hydrogens is 272 g/mol. The standard InChI is InChI=1S/C9H10O3.C7H6O2/c10-6-7-12-9(11)8-4-2-1-3-5-8;8-7(9)6-4-2-1-3-5-6/h1-5,10H,6-7H2;1-5H,(H,8,9). The van der Waals surface area contributed by atoms with E-state index in [0.717, 1.165) is 0 Å². The molecule has 5 heteroatoms. The zero-order valence-corrected chi connectivity index (χ0v) is 11.3. The fourth-order valence-corrected chi connectivity index (χ4v) is 1.38. The van der Waals surface area contributed by atoms with Gasteiger partial charge >= 0.3 is 11.9 Å². The van der Waals surface area contributed by atoms with Crippen LogP contribution in [0.1, 0.15) is 20.7 Å². The van der Waals surface area contributed by atoms with Gasteiger partial charge in [0.2, 0.25) is 0 Å². The largest absolute Gasteiger partial charge is 0.478 e. The number of carboxylic acid groups (broad SMARTS) is 1. The van der Waals surface area contributed by atoms with Crippen LogP contribution in [-0.2, 0) is 4.74 Å². The Labute approximate surface area is 122 Å². The Morgan fingerprint density at radius 3 is 1.71 bits per heavy atom. The Hall–Kier alpha value is -2.66. The minimum atomic E-state index is -0.879. The number of aliphatic hydroxyl groups excluding tert-OH is 1. The molecular formula is C16H16O5. The van der Waals surface area contributed by atoms with Gasteiger partial charge in [-0.15, -0.1) is 0 Å². The fraction of sp³-hybridized carbons (Fsp3) is 0.125. The summed E-state index contributed by atoms with van der Waals surface area (Å²) in [6.07, 6.45) is 0. The van der Waals surface area contributed by atoms with E-state index in [4.69, 9.17) is 10.2 Å². The third-order valence-corrected chi connectivity index (χ3v) is 2.35. The number of hydrogen-bond acceptors (Lipinski definition) is 4. The molecule has 2 N–H and O–H groups in total. The highest BCUT2D eigenvalue weighted by molar-refractivity contribution is 5.89. The SMILES string of the molecule is O=C(O)c1ccccc1.O=C(OCCO)c1ccccc1. The van der Waals surface area contributed by atoms with E-state index in [0.29, 0.717) is 11.1 Å². The number of aromatic carboxylic acids is 1. The van der Waals surface area contributed by atoms with Crippen LogP contribution in [0, 0.1) is 0 Å². The van der Waals surface area contributed by atoms with Gasteiger partial charge < -0.3 is 14.9 Å². The molecule has 5 nitrogen and oxygen atoms in total. The molecule has 0 radical (unpaired) electrons. The molecule has 0 aromatic heterocycles. The van der Waals surface area contributed by atoms with Crippen molar-refractivity contribution in [2.75, 3.05) is 13.2 Å². The highest BCUT2D eigenvalue weighted by Crippen LogP contribution is 2.00. The number of aliphatic hydroxyl groups is 1. The molecule has 21 heavy (non-hydrogen) atoms. The number of ether oxygens (including phenoxy) is 1. The first kappa shape index (κ1) is 16.4. The molecule has 0 saturated carbocycles. The smallest absolute Gasteiger partial charge is 0.338 e. The summed E-state index contributed by atoms with van der Waals surface area (Å²) in [4.78, 5) is 21.3. The second kappa shape index (κ2) is 9.28. The summed E-state index contributed by atoms with van der Waals surface area (Å²) in [5.74, 6) is -1.28. The summed E-state index contributed by atoms with van der Waals surface area (Å²) in [5, 5.41) is 16.8. The van der Waals surface area contributed by atoms with E-state index in [1.165, 1.54) is 0 Å². The number of hydrogen-bond donors (Lipinski definition) is 2. The van der Waals surface area contributed by atoms with E-state index in [-0.39, 0.29) is 13.2 Å². The molecule has 0 amide bonds. The summed E-state index contributed by atoms with van der Waals surface area (Å²) < 4.78 is 4.69. The summed E-state index contributed by atoms with van der Waals surface area (Å²) in [5.41, 5.74) is 0.837. The van der Waals surface area contributed by atoms with E-state index in [9.17, 15) is 9.59 Å². The topological polar surface area (TPSA) is 83.8 Å². The van der Waals surface area contributed by atoms with Crippen LogP contribution in [-0.4, -0.2) is 35.4 Å². The number of carboxylic acids is 1. The van der Waals surface area contributed by atoms with E-state index in [2.05, 4.69) is 4.74 Å². The third-order valence-electron chi connectivity index (χ3n) is 2.35. The highest BCUT2D eigenvalue weighted by Gasteiger charge is 2.03. The lowest BCUT2D eigenvalue weighted by Crippen LogP contribution is -2.08. The molecule has 0 aliphatic heterocycles. The monoisotopic (exact) mass is 288 g/mol. The van der Waals surface area contributed by atoms with Crippen LogP contribution in [0.5, 0.6) is 0 Å². The van der Waals surface area contributed by atoms with Crippen molar-refractivity contribution in [3.05, 3.63) is 71.8 Å². The van der Waals surface area contributed by atoms with Crippen LogP contribution >= 0.6 is 0 Å². The Kier molecular flexibility index (Phi) is 7.24. The Morgan fingerprint density at radius 1 is 0.857 bits per heavy atom. The number of rotatable bonds is 4. The van der Waals surface area contributed by atoms with Gasteiger partial charge in [-0.2, -0.15) is 0 Å². The van der Waals surface area contributed by atoms with E-state index in [1.807, 2.05) is 6.07 Å². The quantitative estimate of drug-likeness (QED) is 0.843. The van der Waals surface area contributed by atoms with Gasteiger partial charge in [-0.05, 0) is 24.3 Å². The predicted octanol–water partition coefficient (Wildman–Crippen LogP) is 2.22. The first-order valence-corrected chi connectivity index (χ1v) is 6.26. The summed E-state index contributed by atoms with van der Waals surface area (Å²) in [6.45, 7) is -0.0910. The van der Waals surface area contributed by atoms with Crippen LogP contribution in [0.2, 0.25) is 0 Å². The number of carbonyl (C=O) groups excluding carboxylic acids is 1. The van der Waals surface area contributed by atoms with Gasteiger partial charge in [0, 0.05) is 0 Å². The average molecular weight is 288 g/mol. The van der Waals surface area contributed by atoms with Gasteiger partial charge in [0.15, 0.2) is 0 Å². The zero-order chi connectivity index (χ0) is 15.5. The molecule has 2 aromatic rings. The van der Waals surface area contributed by atoms with Crippen molar-refractivity contribution in [2.24, 2.45) is 0 Å². The maximum absolute atomic E-state index is 11.1. The summed E-state index contributed by atoms with van der Waals surface area (Å²) >= 11 is 0. The van der Waals surface area contributed by atoms with Gasteiger partial charge in [-0.25, -0.2) is 9.59 Å². The van der Waals surface area contributed by atoms with Crippen LogP contribution < -0.4 is 0 Å². The molecule has 0 spiro atoms. The fourth-order valence-electron chi connectivity index (χ4n) is 1.38. The first-order chi connectivity index (χ1) is 10.1. The Balaban J connectivity index is 0.000000219. The maximum atomic E-state index is 11.1. The molecule has 0 atom stereocenters. The lowest BCUT2D eigenvalue weighted by Gasteiger charge is -2.00. The van der Waals surface area contributed by atoms with E-state index in [1.54, 1.807) is 54.6 Å². The lowest BCUT2D eigenvalue weighted by molar-refractivity contribution is 0.0433. The number of esters is 1. The van der Waals surface area contributed by atoms with Crippen molar-refractivity contribution in [1.82, 2.24) is 0 Å². The van der Waals surface area contributed by atoms with Gasteiger partial charge in [0.05, 0.1) is 17.7 Å². The second-order valence-corrected chi connectivity index (χ2v) is 3.90. The van der Waals surface area contributed by atoms with Gasteiger partial charge in [-0.1, -0.05) is 36.4 Å². The van der Waals surface area contributed by atoms with Crippen molar-refractivity contribution in [3.63, 3.8) is 0 Å². The van der Waals surface area contributed by atoms with E-state index < -0.39 is 11.9 Å². The average Bonchev–Trinajstić information content (AvgIpc) is 2.55. The third kappa shape index (κ3) is 6.35. The predicted molar refractivity (Wildman–Crippen MR) is 77.2 cm³/mol. The van der Waals surface area contributed by atoms with Gasteiger partial charge in [-0.3, -0.25) is 0 Å². The minimum absolute atomic E-state index is 0.0493. The van der Waals surface area contributed by atoms with E-state index >= 15 is 0 Å². The normalized spacial score (nSPS) is 9.19. The Morgan fingerprint density at radius 2 is 1.33 bits per heavy atom. The number of carbonyl (C=O) groups is 2. The van der Waals surface area contributed by atoms with Crippen molar-refractivity contribution in [3.8, 4) is 0 Å². The summed E-state index contributed by atoms with van der Waals surface area (Å²) in [7, 11) is 0. The second-order valence-electron chi connectivity index (χ2n) is 3.90. The molecule has 0 fully saturated rings. The molecule has 2 rings (SSSR count). The van der Waals surface area contributed by atoms with Crippen LogP contribution in [0.3, 0.4) is 0 Å². The Bertz CT molecular complexity index is 551. The van der Waals surface area contributed by atoms with Crippen molar-refractivity contribution >= 4 is 11.9 Å². The van der Waals surface area contributed by atoms with Crippen LogP contribution in [0.4, 0.5) is 0 Å². The highest BCUT2D eigenvalue weighted by atomic mass is 16.5. The molecule has 0 aliphatic carbocycles. The maximum Gasteiger partial charge on any atom is 0.338 e. The van der Waals surface area contributed by atoms with Crippen molar-refractivity contribution < 1.29 is 24.5 Å². The molecule has 0 heterocycles. The molecule has 2 aromatic carbocycles. The first-order valence-electron chi connectivity index (χ1n) is 6.26. The molecule has 0 bridgehead atoms. The van der Waals surface area contributed by atoms with Gasteiger partial charge in [0.1, 0.15) is 6.61 Å². The minimum Gasteiger partial charge on any atom is -0.478 e. The van der Waals surface area contributed by atoms with Crippen molar-refractivity contribution in [1.29, 1.82) is 0 Å². The van der Waals surface area contributed by atoms with Crippen LogP contribution in [0.15, 0.2) is 60.7 Å². The van der Waals surface area contributed by atoms with Crippen molar-refractivity contribution in [2.45, 2.75) is 0 Å². The lowest BCUT2D eigenvalue weighted by atomic mass is 10.2. The number of benzene rings is 2. The van der Waals surface area contributed by atoms with Gasteiger partial charge in [0.25, 0.3) is 0 Å². The van der Waals surface area contributed by atoms with Crippen LogP contribution in [0.25, 0.3) is 0 Å². The molecule has 0 unspecified atom stereocenters. The molecule has 0 aliphatic rings. The molecule has 110 valence electrons. The molecule has 0 saturated heterocycles. The summed E-state index contributed by atoms with van der Waals surface area (Å²) in [6, 6.07) is 17.0. The zero-order valence-electron chi connectivity index (χ0n) is 11.3.